The third-order valence-electron chi connectivity index (χ3n) is 4.72. The zero-order chi connectivity index (χ0) is 22.7. The lowest BCUT2D eigenvalue weighted by Crippen LogP contribution is -2.06. The van der Waals surface area contributed by atoms with Gasteiger partial charge in [0.05, 0.1) is 4.92 Å². The van der Waals surface area contributed by atoms with E-state index in [0.717, 1.165) is 0 Å². The molecule has 0 unspecified atom stereocenters. The van der Waals surface area contributed by atoms with Crippen LogP contribution in [0.4, 0.5) is 10.1 Å². The molecule has 7 nitrogen and oxygen atoms in total. The minimum Gasteiger partial charge on any atom is -0.489 e. The summed E-state index contributed by atoms with van der Waals surface area (Å²) in [5, 5.41) is 11.0. The molecule has 0 fully saturated rings. The van der Waals surface area contributed by atoms with E-state index in [9.17, 15) is 19.3 Å². The Morgan fingerprint density at radius 1 is 1.12 bits per heavy atom. The van der Waals surface area contributed by atoms with Crippen LogP contribution in [0.2, 0.25) is 0 Å². The van der Waals surface area contributed by atoms with Crippen molar-refractivity contribution in [3.05, 3.63) is 111 Å². The first-order valence-corrected chi connectivity index (χ1v) is 9.64. The summed E-state index contributed by atoms with van der Waals surface area (Å²) >= 11 is 0. The summed E-state index contributed by atoms with van der Waals surface area (Å²) in [5.74, 6) is -0.328. The highest BCUT2D eigenvalue weighted by atomic mass is 19.1. The summed E-state index contributed by atoms with van der Waals surface area (Å²) in [4.78, 5) is 27.0. The van der Waals surface area contributed by atoms with Crippen molar-refractivity contribution >= 4 is 23.6 Å². The van der Waals surface area contributed by atoms with Gasteiger partial charge < -0.3 is 9.47 Å². The van der Waals surface area contributed by atoms with Crippen LogP contribution < -0.4 is 4.74 Å². The van der Waals surface area contributed by atoms with E-state index in [4.69, 9.17) is 9.47 Å². The highest BCUT2D eigenvalue weighted by Crippen LogP contribution is 2.24. The molecule has 32 heavy (non-hydrogen) atoms. The first-order valence-electron chi connectivity index (χ1n) is 9.64. The summed E-state index contributed by atoms with van der Waals surface area (Å²) in [6.07, 6.45) is 1.56. The number of cyclic esters (lactones) is 1. The summed E-state index contributed by atoms with van der Waals surface area (Å²) in [6, 6.07) is 17.5. The first kappa shape index (κ1) is 20.9. The van der Waals surface area contributed by atoms with Crippen LogP contribution in [-0.4, -0.2) is 16.8 Å². The summed E-state index contributed by atoms with van der Waals surface area (Å²) in [5.41, 5.74) is 2.34. The molecule has 1 aliphatic rings. The number of hydrogen-bond acceptors (Lipinski definition) is 6. The predicted molar refractivity (Wildman–Crippen MR) is 116 cm³/mol. The normalized spacial score (nSPS) is 14.2. The number of carbonyl (C=O) groups is 1. The lowest BCUT2D eigenvalue weighted by molar-refractivity contribution is -0.385. The fourth-order valence-corrected chi connectivity index (χ4v) is 3.17. The van der Waals surface area contributed by atoms with Gasteiger partial charge in [-0.25, -0.2) is 14.2 Å². The van der Waals surface area contributed by atoms with Crippen LogP contribution in [0.15, 0.2) is 77.4 Å². The van der Waals surface area contributed by atoms with Gasteiger partial charge in [0.15, 0.2) is 5.70 Å². The number of nitrogens with zero attached hydrogens (tertiary/aromatic N) is 2. The maximum atomic E-state index is 13.3. The van der Waals surface area contributed by atoms with Gasteiger partial charge in [0.1, 0.15) is 18.2 Å². The van der Waals surface area contributed by atoms with E-state index in [0.29, 0.717) is 28.0 Å². The Morgan fingerprint density at radius 3 is 2.69 bits per heavy atom. The van der Waals surface area contributed by atoms with Gasteiger partial charge >= 0.3 is 5.97 Å². The molecule has 0 saturated heterocycles. The number of nitro groups is 1. The van der Waals surface area contributed by atoms with Crippen molar-refractivity contribution in [2.24, 2.45) is 4.99 Å². The van der Waals surface area contributed by atoms with Crippen LogP contribution in [-0.2, 0) is 16.1 Å². The average Bonchev–Trinajstić information content (AvgIpc) is 3.12. The summed E-state index contributed by atoms with van der Waals surface area (Å²) in [7, 11) is 0. The molecule has 1 aliphatic heterocycles. The van der Waals surface area contributed by atoms with Crippen LogP contribution in [0, 0.1) is 22.9 Å². The van der Waals surface area contributed by atoms with Crippen molar-refractivity contribution in [2.45, 2.75) is 13.5 Å². The molecule has 0 saturated carbocycles. The number of hydrogen-bond donors (Lipinski definition) is 0. The van der Waals surface area contributed by atoms with Gasteiger partial charge in [-0.2, -0.15) is 0 Å². The second-order valence-corrected chi connectivity index (χ2v) is 7.09. The van der Waals surface area contributed by atoms with Crippen molar-refractivity contribution in [2.75, 3.05) is 0 Å². The van der Waals surface area contributed by atoms with Crippen LogP contribution >= 0.6 is 0 Å². The number of benzene rings is 3. The Labute approximate surface area is 182 Å². The number of ether oxygens (including phenoxy) is 2. The van der Waals surface area contributed by atoms with E-state index in [1.807, 2.05) is 0 Å². The first-order chi connectivity index (χ1) is 15.4. The quantitative estimate of drug-likeness (QED) is 0.237. The molecule has 0 spiro atoms. The number of carbonyl (C=O) groups excluding carboxylic acids is 1. The van der Waals surface area contributed by atoms with Crippen LogP contribution in [0.1, 0.15) is 22.3 Å². The lowest BCUT2D eigenvalue weighted by Gasteiger charge is -2.07. The number of aliphatic imine (C=N–C) groups is 1. The molecule has 0 bridgehead atoms. The Bertz CT molecular complexity index is 1280. The second-order valence-electron chi connectivity index (χ2n) is 7.09. The van der Waals surface area contributed by atoms with E-state index in [2.05, 4.69) is 4.99 Å². The Balaban J connectivity index is 1.52. The number of aryl methyl sites for hydroxylation is 1. The maximum Gasteiger partial charge on any atom is 0.363 e. The molecule has 8 heteroatoms. The van der Waals surface area contributed by atoms with Gasteiger partial charge in [-0.3, -0.25) is 10.1 Å². The summed E-state index contributed by atoms with van der Waals surface area (Å²) in [6.45, 7) is 1.80. The molecule has 0 aromatic heterocycles. The monoisotopic (exact) mass is 432 g/mol. The van der Waals surface area contributed by atoms with Crippen molar-refractivity contribution in [3.63, 3.8) is 0 Å². The van der Waals surface area contributed by atoms with Crippen LogP contribution in [0.25, 0.3) is 6.08 Å². The number of esters is 1. The SMILES string of the molecule is Cc1cc(C2=N/C(=C\c3cccc(OCc4cccc(F)c4)c3)C(=O)O2)ccc1[N+](=O)[O-]. The maximum absolute atomic E-state index is 13.3. The van der Waals surface area contributed by atoms with Crippen molar-refractivity contribution in [3.8, 4) is 5.75 Å². The molecule has 3 aromatic carbocycles. The topological polar surface area (TPSA) is 91.0 Å². The Hall–Kier alpha value is -4.33. The van der Waals surface area contributed by atoms with Gasteiger partial charge in [0.25, 0.3) is 5.69 Å². The fraction of sp³-hybridized carbons (Fsp3) is 0.0833. The van der Waals surface area contributed by atoms with Gasteiger partial charge in [-0.05, 0) is 60.5 Å². The van der Waals surface area contributed by atoms with Crippen molar-refractivity contribution in [1.29, 1.82) is 0 Å². The van der Waals surface area contributed by atoms with Gasteiger partial charge in [-0.15, -0.1) is 0 Å². The third kappa shape index (κ3) is 4.70. The largest absolute Gasteiger partial charge is 0.489 e. The number of rotatable bonds is 6. The molecule has 0 aliphatic carbocycles. The van der Waals surface area contributed by atoms with E-state index in [1.165, 1.54) is 24.3 Å². The van der Waals surface area contributed by atoms with E-state index >= 15 is 0 Å². The number of nitro benzene ring substituents is 1. The van der Waals surface area contributed by atoms with Gasteiger partial charge in [0, 0.05) is 17.2 Å². The van der Waals surface area contributed by atoms with E-state index in [1.54, 1.807) is 55.5 Å². The van der Waals surface area contributed by atoms with E-state index in [-0.39, 0.29) is 29.7 Å². The molecule has 1 heterocycles. The van der Waals surface area contributed by atoms with Gasteiger partial charge in [-0.1, -0.05) is 24.3 Å². The van der Waals surface area contributed by atoms with Crippen LogP contribution in [0.3, 0.4) is 0 Å². The van der Waals surface area contributed by atoms with E-state index < -0.39 is 10.9 Å². The number of halogens is 1. The standard InChI is InChI=1S/C24H17FN2O5/c1-15-10-18(8-9-22(15)27(29)30)23-26-21(24(28)32-23)13-16-4-3-7-20(12-16)31-14-17-5-2-6-19(25)11-17/h2-13H,14H2,1H3/b21-13-. The predicted octanol–water partition coefficient (Wildman–Crippen LogP) is 4.97. The fourth-order valence-electron chi connectivity index (χ4n) is 3.17. The minimum absolute atomic E-state index is 0.0236. The van der Waals surface area contributed by atoms with Crippen LogP contribution in [0.5, 0.6) is 5.75 Å². The molecule has 3 aromatic rings. The van der Waals surface area contributed by atoms with Crippen molar-refractivity contribution < 1.29 is 23.6 Å². The Kier molecular flexibility index (Phi) is 5.76. The highest BCUT2D eigenvalue weighted by Gasteiger charge is 2.25. The van der Waals surface area contributed by atoms with Gasteiger partial charge in [0.2, 0.25) is 5.90 Å². The molecule has 0 N–H and O–H groups in total. The molecule has 0 amide bonds. The molecule has 160 valence electrons. The Morgan fingerprint density at radius 2 is 1.94 bits per heavy atom. The minimum atomic E-state index is -0.623. The average molecular weight is 432 g/mol. The summed E-state index contributed by atoms with van der Waals surface area (Å²) < 4.78 is 24.3. The smallest absolute Gasteiger partial charge is 0.363 e. The third-order valence-corrected chi connectivity index (χ3v) is 4.72. The lowest BCUT2D eigenvalue weighted by atomic mass is 10.1. The highest BCUT2D eigenvalue weighted by molar-refractivity contribution is 6.13. The molecule has 4 rings (SSSR count). The molecular formula is C24H17FN2O5. The zero-order valence-electron chi connectivity index (χ0n) is 16.9. The molecular weight excluding hydrogens is 415 g/mol. The van der Waals surface area contributed by atoms with Crippen molar-refractivity contribution in [1.82, 2.24) is 0 Å². The second kappa shape index (κ2) is 8.81. The molecule has 0 radical (unpaired) electrons. The molecule has 0 atom stereocenters. The zero-order valence-corrected chi connectivity index (χ0v) is 16.9.